The molecule has 2 aliphatic rings. The van der Waals surface area contributed by atoms with Crippen molar-refractivity contribution in [3.8, 4) is 5.75 Å². The summed E-state index contributed by atoms with van der Waals surface area (Å²) in [5.41, 5.74) is 4.66. The van der Waals surface area contributed by atoms with Crippen LogP contribution < -0.4 is 15.0 Å². The molecule has 0 atom stereocenters. The number of hydrogen-bond acceptors (Lipinski definition) is 7. The first-order valence-corrected chi connectivity index (χ1v) is 12.2. The van der Waals surface area contributed by atoms with Crippen LogP contribution in [0.2, 0.25) is 0 Å². The molecule has 0 saturated carbocycles. The van der Waals surface area contributed by atoms with E-state index in [1.165, 1.54) is 16.8 Å². The van der Waals surface area contributed by atoms with Gasteiger partial charge >= 0.3 is 0 Å². The molecule has 2 aromatic carbocycles. The van der Waals surface area contributed by atoms with Gasteiger partial charge in [-0.05, 0) is 68.7 Å². The standard InChI is InChI=1S/C27H33N5O2/c1-20(2)34-25-9-5-23(6-10-25)29-27-28-19-22-12-14-32(26(22)30-27)24-7-3-21(4-8-24)11-13-31-15-17-33-18-16-31/h3-10,19-20H,11-18H2,1-2H3,(H,28,29,30). The molecule has 0 aliphatic carbocycles. The highest BCUT2D eigenvalue weighted by molar-refractivity contribution is 5.68. The monoisotopic (exact) mass is 459 g/mol. The van der Waals surface area contributed by atoms with Crippen LogP contribution in [0.5, 0.6) is 5.75 Å². The summed E-state index contributed by atoms with van der Waals surface area (Å²) in [4.78, 5) is 14.1. The summed E-state index contributed by atoms with van der Waals surface area (Å²) in [5, 5.41) is 3.33. The van der Waals surface area contributed by atoms with E-state index in [2.05, 4.69) is 44.4 Å². The van der Waals surface area contributed by atoms with Gasteiger partial charge in [-0.15, -0.1) is 0 Å². The fourth-order valence-electron chi connectivity index (χ4n) is 4.43. The second-order valence-electron chi connectivity index (χ2n) is 9.13. The minimum Gasteiger partial charge on any atom is -0.491 e. The van der Waals surface area contributed by atoms with Crippen LogP contribution in [0.4, 0.5) is 23.1 Å². The Balaban J connectivity index is 1.24. The summed E-state index contributed by atoms with van der Waals surface area (Å²) in [6, 6.07) is 16.8. The maximum absolute atomic E-state index is 5.72. The van der Waals surface area contributed by atoms with Crippen molar-refractivity contribution in [2.75, 3.05) is 49.6 Å². The Bertz CT molecular complexity index is 1080. The maximum Gasteiger partial charge on any atom is 0.229 e. The van der Waals surface area contributed by atoms with Crippen molar-refractivity contribution >= 4 is 23.1 Å². The zero-order chi connectivity index (χ0) is 23.3. The van der Waals surface area contributed by atoms with Crippen LogP contribution in [0.15, 0.2) is 54.7 Å². The molecule has 3 aromatic rings. The maximum atomic E-state index is 5.72. The van der Waals surface area contributed by atoms with Crippen molar-refractivity contribution in [1.82, 2.24) is 14.9 Å². The molecule has 7 nitrogen and oxygen atoms in total. The molecular formula is C27H33N5O2. The predicted octanol–water partition coefficient (Wildman–Crippen LogP) is 4.58. The van der Waals surface area contributed by atoms with Gasteiger partial charge in [0, 0.05) is 49.3 Å². The zero-order valence-corrected chi connectivity index (χ0v) is 20.0. The molecule has 0 amide bonds. The Morgan fingerprint density at radius 2 is 1.76 bits per heavy atom. The summed E-state index contributed by atoms with van der Waals surface area (Å²) >= 11 is 0. The second kappa shape index (κ2) is 10.4. The number of anilines is 4. The van der Waals surface area contributed by atoms with Gasteiger partial charge in [0.05, 0.1) is 19.3 Å². The van der Waals surface area contributed by atoms with Gasteiger partial charge in [-0.25, -0.2) is 4.98 Å². The fourth-order valence-corrected chi connectivity index (χ4v) is 4.43. The molecule has 1 fully saturated rings. The first-order valence-electron chi connectivity index (χ1n) is 12.2. The number of nitrogens with one attached hydrogen (secondary N) is 1. The van der Waals surface area contributed by atoms with Crippen LogP contribution in [-0.2, 0) is 17.6 Å². The normalized spacial score (nSPS) is 16.0. The molecule has 1 aromatic heterocycles. The van der Waals surface area contributed by atoms with Crippen LogP contribution >= 0.6 is 0 Å². The van der Waals surface area contributed by atoms with Gasteiger partial charge in [0.15, 0.2) is 0 Å². The quantitative estimate of drug-likeness (QED) is 0.529. The topological polar surface area (TPSA) is 62.8 Å². The van der Waals surface area contributed by atoms with E-state index in [0.717, 1.165) is 69.5 Å². The number of morpholine rings is 1. The van der Waals surface area contributed by atoms with E-state index in [0.29, 0.717) is 5.95 Å². The highest BCUT2D eigenvalue weighted by Gasteiger charge is 2.23. The third kappa shape index (κ3) is 5.48. The minimum atomic E-state index is 0.156. The van der Waals surface area contributed by atoms with E-state index >= 15 is 0 Å². The van der Waals surface area contributed by atoms with E-state index in [9.17, 15) is 0 Å². The molecule has 7 heteroatoms. The summed E-state index contributed by atoms with van der Waals surface area (Å²) in [6.07, 6.45) is 4.12. The Morgan fingerprint density at radius 3 is 2.50 bits per heavy atom. The van der Waals surface area contributed by atoms with Crippen LogP contribution in [0.25, 0.3) is 0 Å². The van der Waals surface area contributed by atoms with Gasteiger partial charge < -0.3 is 19.7 Å². The number of benzene rings is 2. The first kappa shape index (κ1) is 22.6. The molecule has 0 spiro atoms. The fraction of sp³-hybridized carbons (Fsp3) is 0.407. The van der Waals surface area contributed by atoms with Gasteiger partial charge in [-0.1, -0.05) is 12.1 Å². The number of rotatable bonds is 8. The van der Waals surface area contributed by atoms with Crippen LogP contribution in [0.3, 0.4) is 0 Å². The molecule has 2 aliphatic heterocycles. The van der Waals surface area contributed by atoms with Gasteiger partial charge in [-0.2, -0.15) is 4.98 Å². The van der Waals surface area contributed by atoms with Crippen molar-refractivity contribution in [3.05, 3.63) is 65.9 Å². The Hall–Kier alpha value is -3.16. The zero-order valence-electron chi connectivity index (χ0n) is 20.0. The smallest absolute Gasteiger partial charge is 0.229 e. The lowest BCUT2D eigenvalue weighted by atomic mass is 10.1. The molecule has 3 heterocycles. The van der Waals surface area contributed by atoms with E-state index in [1.54, 1.807) is 0 Å². The van der Waals surface area contributed by atoms with E-state index < -0.39 is 0 Å². The largest absolute Gasteiger partial charge is 0.491 e. The van der Waals surface area contributed by atoms with Gasteiger partial charge in [0.1, 0.15) is 11.6 Å². The summed E-state index contributed by atoms with van der Waals surface area (Å²) in [5.74, 6) is 2.44. The Labute approximate surface area is 201 Å². The average Bonchev–Trinajstić information content (AvgIpc) is 3.28. The second-order valence-corrected chi connectivity index (χ2v) is 9.13. The predicted molar refractivity (Wildman–Crippen MR) is 136 cm³/mol. The van der Waals surface area contributed by atoms with Gasteiger partial charge in [0.25, 0.3) is 0 Å². The van der Waals surface area contributed by atoms with Crippen molar-refractivity contribution < 1.29 is 9.47 Å². The SMILES string of the molecule is CC(C)Oc1ccc(Nc2ncc3c(n2)N(c2ccc(CCN4CCOCC4)cc2)CC3)cc1. The highest BCUT2D eigenvalue weighted by Crippen LogP contribution is 2.33. The molecule has 5 rings (SSSR count). The number of fused-ring (bicyclic) bond motifs is 1. The lowest BCUT2D eigenvalue weighted by Crippen LogP contribution is -2.37. The third-order valence-electron chi connectivity index (χ3n) is 6.25. The molecule has 1 N–H and O–H groups in total. The van der Waals surface area contributed by atoms with Crippen LogP contribution in [0, 0.1) is 0 Å². The van der Waals surface area contributed by atoms with Gasteiger partial charge in [0.2, 0.25) is 5.95 Å². The van der Waals surface area contributed by atoms with E-state index in [4.69, 9.17) is 14.5 Å². The summed E-state index contributed by atoms with van der Waals surface area (Å²) < 4.78 is 11.2. The first-order chi connectivity index (χ1) is 16.6. The Morgan fingerprint density at radius 1 is 1.00 bits per heavy atom. The van der Waals surface area contributed by atoms with Gasteiger partial charge in [-0.3, -0.25) is 4.90 Å². The average molecular weight is 460 g/mol. The van der Waals surface area contributed by atoms with E-state index in [-0.39, 0.29) is 6.10 Å². The minimum absolute atomic E-state index is 0.156. The summed E-state index contributed by atoms with van der Waals surface area (Å²) in [6.45, 7) is 9.82. The Kier molecular flexibility index (Phi) is 6.92. The highest BCUT2D eigenvalue weighted by atomic mass is 16.5. The lowest BCUT2D eigenvalue weighted by Gasteiger charge is -2.26. The molecule has 1 saturated heterocycles. The number of aromatic nitrogens is 2. The van der Waals surface area contributed by atoms with Crippen molar-refractivity contribution in [3.63, 3.8) is 0 Å². The number of ether oxygens (including phenoxy) is 2. The molecule has 178 valence electrons. The van der Waals surface area contributed by atoms with Crippen molar-refractivity contribution in [2.24, 2.45) is 0 Å². The van der Waals surface area contributed by atoms with Crippen molar-refractivity contribution in [2.45, 2.75) is 32.8 Å². The molecule has 0 unspecified atom stereocenters. The molecule has 0 radical (unpaired) electrons. The van der Waals surface area contributed by atoms with E-state index in [1.807, 2.05) is 44.3 Å². The van der Waals surface area contributed by atoms with Crippen LogP contribution in [0.1, 0.15) is 25.0 Å². The molecular weight excluding hydrogens is 426 g/mol. The van der Waals surface area contributed by atoms with Crippen molar-refractivity contribution in [1.29, 1.82) is 0 Å². The third-order valence-corrected chi connectivity index (χ3v) is 6.25. The number of nitrogens with zero attached hydrogens (tertiary/aromatic N) is 4. The molecule has 0 bridgehead atoms. The lowest BCUT2D eigenvalue weighted by molar-refractivity contribution is 0.0384. The van der Waals surface area contributed by atoms with Crippen LogP contribution in [-0.4, -0.2) is 60.4 Å². The number of hydrogen-bond donors (Lipinski definition) is 1. The summed E-state index contributed by atoms with van der Waals surface area (Å²) in [7, 11) is 0. The molecule has 34 heavy (non-hydrogen) atoms.